The standard InChI is InChI=1S/C23H26N2O4/c1-14-11-16(3-4-21(14)29-18-6-9-28-10-7-18)17-5-8-24-22(12-17)25-23(27)20-13-19(20)15(2)26/h3-5,8,11-12,18-20H,6-7,9-10,13H2,1-2H3,(H,24,25,27)/t19-,20+/m0/s1. The van der Waals surface area contributed by atoms with Crippen LogP contribution in [0.1, 0.15) is 31.7 Å². The number of carbonyl (C=O) groups is 2. The van der Waals surface area contributed by atoms with Crippen molar-refractivity contribution in [1.29, 1.82) is 0 Å². The third-order valence-electron chi connectivity index (χ3n) is 5.63. The minimum absolute atomic E-state index is 0.0744. The minimum atomic E-state index is -0.221. The van der Waals surface area contributed by atoms with E-state index in [9.17, 15) is 9.59 Å². The van der Waals surface area contributed by atoms with Gasteiger partial charge in [-0.05, 0) is 61.2 Å². The topological polar surface area (TPSA) is 77.5 Å². The number of hydrogen-bond acceptors (Lipinski definition) is 5. The van der Waals surface area contributed by atoms with Crippen LogP contribution in [0.25, 0.3) is 11.1 Å². The van der Waals surface area contributed by atoms with Gasteiger partial charge in [0.25, 0.3) is 0 Å². The molecule has 152 valence electrons. The van der Waals surface area contributed by atoms with E-state index in [1.54, 1.807) is 6.20 Å². The number of benzene rings is 1. The molecule has 1 aromatic carbocycles. The monoisotopic (exact) mass is 394 g/mol. The van der Waals surface area contributed by atoms with Crippen molar-refractivity contribution < 1.29 is 19.1 Å². The zero-order valence-corrected chi connectivity index (χ0v) is 16.8. The first kappa shape index (κ1) is 19.6. The molecular weight excluding hydrogens is 368 g/mol. The summed E-state index contributed by atoms with van der Waals surface area (Å²) in [4.78, 5) is 27.9. The van der Waals surface area contributed by atoms with Crippen molar-refractivity contribution >= 4 is 17.5 Å². The van der Waals surface area contributed by atoms with Crippen molar-refractivity contribution in [2.75, 3.05) is 18.5 Å². The molecule has 2 heterocycles. The molecule has 4 rings (SSSR count). The summed E-state index contributed by atoms with van der Waals surface area (Å²) < 4.78 is 11.5. The Hall–Kier alpha value is -2.73. The van der Waals surface area contributed by atoms with E-state index in [2.05, 4.69) is 16.4 Å². The summed E-state index contributed by atoms with van der Waals surface area (Å²) in [5.41, 5.74) is 3.07. The molecule has 2 fully saturated rings. The smallest absolute Gasteiger partial charge is 0.229 e. The molecule has 2 atom stereocenters. The molecule has 0 spiro atoms. The second-order valence-electron chi connectivity index (χ2n) is 7.89. The summed E-state index contributed by atoms with van der Waals surface area (Å²) >= 11 is 0. The molecule has 1 aromatic heterocycles. The first-order chi connectivity index (χ1) is 14.0. The van der Waals surface area contributed by atoms with Crippen LogP contribution in [0, 0.1) is 18.8 Å². The fraction of sp³-hybridized carbons (Fsp3) is 0.435. The van der Waals surface area contributed by atoms with Crippen LogP contribution < -0.4 is 10.1 Å². The molecule has 6 nitrogen and oxygen atoms in total. The second-order valence-corrected chi connectivity index (χ2v) is 7.89. The number of nitrogens with zero attached hydrogens (tertiary/aromatic N) is 1. The highest BCUT2D eigenvalue weighted by Crippen LogP contribution is 2.40. The summed E-state index contributed by atoms with van der Waals surface area (Å²) in [7, 11) is 0. The molecule has 0 unspecified atom stereocenters. The molecule has 1 saturated heterocycles. The number of amides is 1. The molecule has 1 saturated carbocycles. The first-order valence-corrected chi connectivity index (χ1v) is 10.1. The van der Waals surface area contributed by atoms with Gasteiger partial charge in [-0.1, -0.05) is 6.07 Å². The lowest BCUT2D eigenvalue weighted by Crippen LogP contribution is -2.26. The fourth-order valence-electron chi connectivity index (χ4n) is 3.77. The average Bonchev–Trinajstić information content (AvgIpc) is 3.52. The average molecular weight is 394 g/mol. The number of hydrogen-bond donors (Lipinski definition) is 1. The number of Topliss-reactive ketones (excluding diaryl/α,β-unsaturated/α-hetero) is 1. The fourth-order valence-corrected chi connectivity index (χ4v) is 3.77. The highest BCUT2D eigenvalue weighted by atomic mass is 16.5. The van der Waals surface area contributed by atoms with E-state index in [-0.39, 0.29) is 29.6 Å². The van der Waals surface area contributed by atoms with E-state index in [1.807, 2.05) is 31.2 Å². The van der Waals surface area contributed by atoms with Crippen molar-refractivity contribution in [1.82, 2.24) is 4.98 Å². The number of ether oxygens (including phenoxy) is 2. The number of nitrogens with one attached hydrogen (secondary N) is 1. The largest absolute Gasteiger partial charge is 0.490 e. The Morgan fingerprint density at radius 3 is 2.55 bits per heavy atom. The number of aromatic nitrogens is 1. The summed E-state index contributed by atoms with van der Waals surface area (Å²) in [5.74, 6) is 0.983. The zero-order valence-electron chi connectivity index (χ0n) is 16.8. The van der Waals surface area contributed by atoms with Crippen molar-refractivity contribution in [3.63, 3.8) is 0 Å². The Morgan fingerprint density at radius 1 is 1.10 bits per heavy atom. The van der Waals surface area contributed by atoms with E-state index in [0.29, 0.717) is 12.2 Å². The van der Waals surface area contributed by atoms with Gasteiger partial charge in [0, 0.05) is 30.9 Å². The summed E-state index contributed by atoms with van der Waals surface area (Å²) in [6.07, 6.45) is 4.36. The Bertz CT molecular complexity index is 921. The van der Waals surface area contributed by atoms with Gasteiger partial charge in [-0.25, -0.2) is 4.98 Å². The normalized spacial score (nSPS) is 21.4. The van der Waals surface area contributed by atoms with Gasteiger partial charge in [-0.15, -0.1) is 0 Å². The predicted octanol–water partition coefficient (Wildman–Crippen LogP) is 3.78. The number of anilines is 1. The van der Waals surface area contributed by atoms with Crippen LogP contribution in [0.4, 0.5) is 5.82 Å². The van der Waals surface area contributed by atoms with Crippen LogP contribution in [0.3, 0.4) is 0 Å². The lowest BCUT2D eigenvalue weighted by Gasteiger charge is -2.24. The maximum Gasteiger partial charge on any atom is 0.229 e. The minimum Gasteiger partial charge on any atom is -0.490 e. The summed E-state index contributed by atoms with van der Waals surface area (Å²) in [6.45, 7) is 5.08. The van der Waals surface area contributed by atoms with Crippen LogP contribution >= 0.6 is 0 Å². The maximum atomic E-state index is 12.3. The molecule has 1 aliphatic heterocycles. The molecular formula is C23H26N2O4. The van der Waals surface area contributed by atoms with Crippen LogP contribution in [-0.4, -0.2) is 36.0 Å². The van der Waals surface area contributed by atoms with E-state index < -0.39 is 0 Å². The molecule has 1 N–H and O–H groups in total. The van der Waals surface area contributed by atoms with Crippen molar-refractivity contribution in [3.8, 4) is 16.9 Å². The highest BCUT2D eigenvalue weighted by Gasteiger charge is 2.46. The number of pyridine rings is 1. The van der Waals surface area contributed by atoms with E-state index in [0.717, 1.165) is 48.5 Å². The Morgan fingerprint density at radius 2 is 1.86 bits per heavy atom. The lowest BCUT2D eigenvalue weighted by atomic mass is 10.0. The Labute approximate surface area is 170 Å². The maximum absolute atomic E-state index is 12.3. The number of rotatable bonds is 6. The van der Waals surface area contributed by atoms with Gasteiger partial charge in [0.05, 0.1) is 13.2 Å². The molecule has 0 bridgehead atoms. The number of ketones is 1. The molecule has 0 radical (unpaired) electrons. The second kappa shape index (κ2) is 8.33. The van der Waals surface area contributed by atoms with E-state index in [1.165, 1.54) is 6.92 Å². The Balaban J connectivity index is 1.44. The molecule has 1 amide bonds. The molecule has 2 aromatic rings. The van der Waals surface area contributed by atoms with Gasteiger partial charge in [0.2, 0.25) is 5.91 Å². The predicted molar refractivity (Wildman–Crippen MR) is 110 cm³/mol. The Kier molecular flexibility index (Phi) is 5.62. The zero-order chi connectivity index (χ0) is 20.4. The summed E-state index contributed by atoms with van der Waals surface area (Å²) in [6, 6.07) is 9.88. The first-order valence-electron chi connectivity index (χ1n) is 10.1. The molecule has 6 heteroatoms. The van der Waals surface area contributed by atoms with Crippen molar-refractivity contribution in [2.45, 2.75) is 39.2 Å². The molecule has 29 heavy (non-hydrogen) atoms. The van der Waals surface area contributed by atoms with Gasteiger partial charge in [-0.3, -0.25) is 9.59 Å². The van der Waals surface area contributed by atoms with Crippen molar-refractivity contribution in [2.24, 2.45) is 11.8 Å². The van der Waals surface area contributed by atoms with Crippen LogP contribution in [0.5, 0.6) is 5.75 Å². The van der Waals surface area contributed by atoms with Crippen LogP contribution in [-0.2, 0) is 14.3 Å². The van der Waals surface area contributed by atoms with Gasteiger partial charge in [-0.2, -0.15) is 0 Å². The van der Waals surface area contributed by atoms with Gasteiger partial charge >= 0.3 is 0 Å². The molecule has 1 aliphatic carbocycles. The quantitative estimate of drug-likeness (QED) is 0.807. The van der Waals surface area contributed by atoms with Gasteiger partial charge < -0.3 is 14.8 Å². The van der Waals surface area contributed by atoms with Crippen LogP contribution in [0.2, 0.25) is 0 Å². The third kappa shape index (κ3) is 4.65. The van der Waals surface area contributed by atoms with Gasteiger partial charge in [0.15, 0.2) is 0 Å². The number of aryl methyl sites for hydroxylation is 1. The summed E-state index contributed by atoms with van der Waals surface area (Å²) in [5, 5.41) is 2.84. The molecule has 2 aliphatic rings. The van der Waals surface area contributed by atoms with Crippen LogP contribution in [0.15, 0.2) is 36.5 Å². The van der Waals surface area contributed by atoms with Gasteiger partial charge in [0.1, 0.15) is 23.5 Å². The number of carbonyl (C=O) groups excluding carboxylic acids is 2. The lowest BCUT2D eigenvalue weighted by molar-refractivity contribution is -0.122. The van der Waals surface area contributed by atoms with Crippen molar-refractivity contribution in [3.05, 3.63) is 42.1 Å². The van der Waals surface area contributed by atoms with E-state index >= 15 is 0 Å². The van der Waals surface area contributed by atoms with E-state index in [4.69, 9.17) is 9.47 Å². The SMILES string of the molecule is CC(=O)[C@@H]1C[C@H]1C(=O)Nc1cc(-c2ccc(OC3CCOCC3)c(C)c2)ccn1. The third-order valence-corrected chi connectivity index (χ3v) is 5.63. The highest BCUT2D eigenvalue weighted by molar-refractivity contribution is 5.99.